The van der Waals surface area contributed by atoms with Gasteiger partial charge in [-0.05, 0) is 25.1 Å². The Morgan fingerprint density at radius 1 is 1.27 bits per heavy atom. The normalized spacial score (nSPS) is 14.7. The number of amides is 1. The highest BCUT2D eigenvalue weighted by Gasteiger charge is 2.27. The van der Waals surface area contributed by atoms with Crippen molar-refractivity contribution in [3.8, 4) is 10.9 Å². The molecule has 3 aromatic rings. The fourth-order valence-electron chi connectivity index (χ4n) is 3.61. The zero-order chi connectivity index (χ0) is 21.3. The maximum atomic E-state index is 12.9. The number of carbonyl (C=O) groups excluding carboxylic acids is 1. The van der Waals surface area contributed by atoms with Gasteiger partial charge in [0.25, 0.3) is 16.8 Å². The molecule has 0 atom stereocenters. The maximum absolute atomic E-state index is 12.9. The number of carbonyl (C=O) groups is 1. The summed E-state index contributed by atoms with van der Waals surface area (Å²) in [5.41, 5.74) is 1.58. The van der Waals surface area contributed by atoms with Crippen molar-refractivity contribution in [2.24, 2.45) is 0 Å². The van der Waals surface area contributed by atoms with Crippen LogP contribution in [0.3, 0.4) is 0 Å². The summed E-state index contributed by atoms with van der Waals surface area (Å²) < 4.78 is 12.3. The van der Waals surface area contributed by atoms with Crippen LogP contribution in [0.15, 0.2) is 36.4 Å². The molecular weight excluding hydrogens is 406 g/mol. The van der Waals surface area contributed by atoms with E-state index in [1.165, 1.54) is 17.4 Å². The summed E-state index contributed by atoms with van der Waals surface area (Å²) in [6.07, 6.45) is 1.33. The van der Waals surface area contributed by atoms with E-state index in [9.17, 15) is 14.9 Å². The van der Waals surface area contributed by atoms with E-state index in [-0.39, 0.29) is 17.7 Å². The van der Waals surface area contributed by atoms with Crippen molar-refractivity contribution in [2.45, 2.75) is 25.9 Å². The van der Waals surface area contributed by atoms with Gasteiger partial charge in [0.15, 0.2) is 0 Å². The molecule has 156 valence electrons. The van der Waals surface area contributed by atoms with Crippen LogP contribution in [0.25, 0.3) is 10.2 Å². The van der Waals surface area contributed by atoms with Gasteiger partial charge in [0.2, 0.25) is 0 Å². The molecule has 8 nitrogen and oxygen atoms in total. The van der Waals surface area contributed by atoms with Crippen LogP contribution in [0.1, 0.15) is 28.8 Å². The summed E-state index contributed by atoms with van der Waals surface area (Å²) in [4.78, 5) is 29.8. The molecule has 0 aliphatic carbocycles. The smallest absolute Gasteiger partial charge is 0.274 e. The standard InChI is InChI=1S/C21H21N3O5S/c1-13-16(4-3-5-18(13)24(26)27)20(25)23-10-8-14(9-11-23)29-21-22-17-12-15(28-2)6-7-19(17)30-21/h3-7,12,14H,8-11H2,1-2H3. The van der Waals surface area contributed by atoms with Gasteiger partial charge in [0.1, 0.15) is 11.9 Å². The lowest BCUT2D eigenvalue weighted by Gasteiger charge is -2.31. The summed E-state index contributed by atoms with van der Waals surface area (Å²) in [6.45, 7) is 2.68. The highest BCUT2D eigenvalue weighted by Crippen LogP contribution is 2.32. The van der Waals surface area contributed by atoms with Crippen LogP contribution >= 0.6 is 11.3 Å². The van der Waals surface area contributed by atoms with E-state index in [1.807, 2.05) is 18.2 Å². The molecule has 0 radical (unpaired) electrons. The molecule has 0 saturated carbocycles. The van der Waals surface area contributed by atoms with Crippen molar-refractivity contribution in [1.82, 2.24) is 9.88 Å². The second-order valence-electron chi connectivity index (χ2n) is 7.13. The number of rotatable bonds is 5. The predicted octanol–water partition coefficient (Wildman–Crippen LogP) is 4.21. The Morgan fingerprint density at radius 3 is 2.73 bits per heavy atom. The molecule has 0 unspecified atom stereocenters. The number of hydrogen-bond donors (Lipinski definition) is 0. The number of likely N-dealkylation sites (tertiary alicyclic amines) is 1. The number of benzene rings is 2. The lowest BCUT2D eigenvalue weighted by Crippen LogP contribution is -2.42. The average Bonchev–Trinajstić information content (AvgIpc) is 3.15. The Labute approximate surface area is 177 Å². The molecule has 1 amide bonds. The average molecular weight is 427 g/mol. The molecule has 1 aliphatic heterocycles. The molecule has 0 N–H and O–H groups in total. The van der Waals surface area contributed by atoms with E-state index in [0.717, 1.165) is 16.0 Å². The SMILES string of the molecule is COc1ccc2sc(OC3CCN(C(=O)c4cccc([N+](=O)[O-])c4C)CC3)nc2c1. The number of nitrogens with zero attached hydrogens (tertiary/aromatic N) is 3. The van der Waals surface area contributed by atoms with E-state index >= 15 is 0 Å². The predicted molar refractivity (Wildman–Crippen MR) is 114 cm³/mol. The Balaban J connectivity index is 1.40. The van der Waals surface area contributed by atoms with Crippen LogP contribution in [0.2, 0.25) is 0 Å². The highest BCUT2D eigenvalue weighted by atomic mass is 32.1. The second kappa shape index (κ2) is 8.27. The van der Waals surface area contributed by atoms with Crippen molar-refractivity contribution in [3.63, 3.8) is 0 Å². The summed E-state index contributed by atoms with van der Waals surface area (Å²) in [5, 5.41) is 11.8. The molecule has 2 aromatic carbocycles. The van der Waals surface area contributed by atoms with Gasteiger partial charge in [0.05, 0.1) is 22.2 Å². The monoisotopic (exact) mass is 427 g/mol. The molecule has 9 heteroatoms. The van der Waals surface area contributed by atoms with Crippen LogP contribution in [0.5, 0.6) is 10.9 Å². The Kier molecular flexibility index (Phi) is 5.54. The minimum Gasteiger partial charge on any atom is -0.497 e. The van der Waals surface area contributed by atoms with Crippen LogP contribution in [0, 0.1) is 17.0 Å². The van der Waals surface area contributed by atoms with E-state index in [1.54, 1.807) is 31.1 Å². The van der Waals surface area contributed by atoms with Gasteiger partial charge in [-0.15, -0.1) is 0 Å². The molecule has 1 aliphatic rings. The fourth-order valence-corrected chi connectivity index (χ4v) is 4.47. The molecule has 1 fully saturated rings. The number of aromatic nitrogens is 1. The van der Waals surface area contributed by atoms with Gasteiger partial charge in [-0.1, -0.05) is 17.4 Å². The van der Waals surface area contributed by atoms with Gasteiger partial charge in [-0.2, -0.15) is 0 Å². The summed E-state index contributed by atoms with van der Waals surface area (Å²) in [7, 11) is 1.62. The number of thiazole rings is 1. The maximum Gasteiger partial charge on any atom is 0.274 e. The number of piperidine rings is 1. The zero-order valence-electron chi connectivity index (χ0n) is 16.7. The first kappa shape index (κ1) is 20.1. The van der Waals surface area contributed by atoms with E-state index in [2.05, 4.69) is 4.98 Å². The van der Waals surface area contributed by atoms with Crippen LogP contribution in [-0.2, 0) is 0 Å². The van der Waals surface area contributed by atoms with Crippen molar-refractivity contribution in [1.29, 1.82) is 0 Å². The molecule has 0 spiro atoms. The summed E-state index contributed by atoms with van der Waals surface area (Å²) in [5.74, 6) is 0.573. The van der Waals surface area contributed by atoms with Crippen molar-refractivity contribution in [2.75, 3.05) is 20.2 Å². The minimum absolute atomic E-state index is 0.0253. The molecular formula is C21H21N3O5S. The van der Waals surface area contributed by atoms with Crippen LogP contribution in [-0.4, -0.2) is 47.0 Å². The van der Waals surface area contributed by atoms with E-state index in [4.69, 9.17) is 9.47 Å². The molecule has 2 heterocycles. The first-order valence-electron chi connectivity index (χ1n) is 9.61. The topological polar surface area (TPSA) is 94.8 Å². The highest BCUT2D eigenvalue weighted by molar-refractivity contribution is 7.20. The van der Waals surface area contributed by atoms with Crippen molar-refractivity contribution in [3.05, 3.63) is 57.6 Å². The lowest BCUT2D eigenvalue weighted by atomic mass is 10.0. The van der Waals surface area contributed by atoms with E-state index < -0.39 is 4.92 Å². The molecule has 4 rings (SSSR count). The van der Waals surface area contributed by atoms with E-state index in [0.29, 0.717) is 42.3 Å². The first-order valence-corrected chi connectivity index (χ1v) is 10.4. The third kappa shape index (κ3) is 3.93. The number of fused-ring (bicyclic) bond motifs is 1. The van der Waals surface area contributed by atoms with Gasteiger partial charge in [0, 0.05) is 49.2 Å². The first-order chi connectivity index (χ1) is 14.5. The number of hydrogen-bond acceptors (Lipinski definition) is 7. The minimum atomic E-state index is -0.459. The fraction of sp³-hybridized carbons (Fsp3) is 0.333. The zero-order valence-corrected chi connectivity index (χ0v) is 17.5. The molecule has 1 aromatic heterocycles. The number of nitro groups is 1. The third-order valence-corrected chi connectivity index (χ3v) is 6.23. The van der Waals surface area contributed by atoms with Crippen LogP contribution in [0.4, 0.5) is 5.69 Å². The number of ether oxygens (including phenoxy) is 2. The van der Waals surface area contributed by atoms with Crippen molar-refractivity contribution < 1.29 is 19.2 Å². The lowest BCUT2D eigenvalue weighted by molar-refractivity contribution is -0.385. The Hall–Kier alpha value is -3.20. The van der Waals surface area contributed by atoms with Gasteiger partial charge >= 0.3 is 0 Å². The molecule has 0 bridgehead atoms. The third-order valence-electron chi connectivity index (χ3n) is 5.30. The second-order valence-corrected chi connectivity index (χ2v) is 8.12. The molecule has 1 saturated heterocycles. The number of methoxy groups -OCH3 is 1. The van der Waals surface area contributed by atoms with Gasteiger partial charge in [-0.3, -0.25) is 14.9 Å². The largest absolute Gasteiger partial charge is 0.497 e. The van der Waals surface area contributed by atoms with Crippen LogP contribution < -0.4 is 9.47 Å². The van der Waals surface area contributed by atoms with Gasteiger partial charge < -0.3 is 14.4 Å². The molecule has 30 heavy (non-hydrogen) atoms. The van der Waals surface area contributed by atoms with Gasteiger partial charge in [-0.25, -0.2) is 4.98 Å². The summed E-state index contributed by atoms with van der Waals surface area (Å²) in [6, 6.07) is 10.3. The van der Waals surface area contributed by atoms with Crippen molar-refractivity contribution >= 4 is 33.1 Å². The number of nitro benzene ring substituents is 1. The summed E-state index contributed by atoms with van der Waals surface area (Å²) >= 11 is 1.49. The Morgan fingerprint density at radius 2 is 2.03 bits per heavy atom. The Bertz CT molecular complexity index is 1110. The quantitative estimate of drug-likeness (QED) is 0.447.